The van der Waals surface area contributed by atoms with Gasteiger partial charge in [0, 0.05) is 31.7 Å². The summed E-state index contributed by atoms with van der Waals surface area (Å²) in [5.41, 5.74) is 0.299. The summed E-state index contributed by atoms with van der Waals surface area (Å²) in [5, 5.41) is 12.8. The van der Waals surface area contributed by atoms with Crippen molar-refractivity contribution in [2.24, 2.45) is 11.3 Å². The molecule has 0 aromatic heterocycles. The molecule has 106 valence electrons. The maximum absolute atomic E-state index is 9.33. The van der Waals surface area contributed by atoms with Gasteiger partial charge in [-0.2, -0.15) is 0 Å². The zero-order valence-corrected chi connectivity index (χ0v) is 11.8. The summed E-state index contributed by atoms with van der Waals surface area (Å²) < 4.78 is 5.61. The van der Waals surface area contributed by atoms with Crippen molar-refractivity contribution in [1.82, 2.24) is 10.2 Å². The van der Waals surface area contributed by atoms with Gasteiger partial charge in [-0.3, -0.25) is 0 Å². The van der Waals surface area contributed by atoms with E-state index >= 15 is 0 Å². The van der Waals surface area contributed by atoms with Crippen LogP contribution in [0.15, 0.2) is 0 Å². The standard InChI is InChI=1S/C14H28N2O2/c1-3-15-9-14(4-5-18-11-14)10-16(2)8-12-6-13(17)7-12/h12-13,15,17H,3-11H2,1-2H3. The van der Waals surface area contributed by atoms with E-state index in [1.54, 1.807) is 0 Å². The first-order valence-corrected chi connectivity index (χ1v) is 7.28. The molecule has 1 aliphatic carbocycles. The zero-order valence-electron chi connectivity index (χ0n) is 11.8. The van der Waals surface area contributed by atoms with Crippen LogP contribution in [0.2, 0.25) is 0 Å². The molecule has 0 radical (unpaired) electrons. The van der Waals surface area contributed by atoms with Gasteiger partial charge in [0.2, 0.25) is 0 Å². The summed E-state index contributed by atoms with van der Waals surface area (Å²) in [6.07, 6.45) is 3.11. The van der Waals surface area contributed by atoms with Gasteiger partial charge in [0.1, 0.15) is 0 Å². The van der Waals surface area contributed by atoms with Crippen LogP contribution in [-0.4, -0.2) is 62.6 Å². The highest BCUT2D eigenvalue weighted by molar-refractivity contribution is 4.89. The number of hydrogen-bond acceptors (Lipinski definition) is 4. The Labute approximate surface area is 111 Å². The Morgan fingerprint density at radius 1 is 1.44 bits per heavy atom. The molecule has 1 saturated carbocycles. The summed E-state index contributed by atoms with van der Waals surface area (Å²) in [4.78, 5) is 2.43. The molecule has 2 rings (SSSR count). The van der Waals surface area contributed by atoms with Gasteiger partial charge < -0.3 is 20.1 Å². The molecule has 4 heteroatoms. The maximum atomic E-state index is 9.33. The van der Waals surface area contributed by atoms with Gasteiger partial charge in [-0.15, -0.1) is 0 Å². The van der Waals surface area contributed by atoms with E-state index in [2.05, 4.69) is 24.2 Å². The Morgan fingerprint density at radius 3 is 2.78 bits per heavy atom. The van der Waals surface area contributed by atoms with Crippen molar-refractivity contribution in [2.45, 2.75) is 32.3 Å². The van der Waals surface area contributed by atoms with E-state index < -0.39 is 0 Å². The Bertz CT molecular complexity index is 248. The van der Waals surface area contributed by atoms with Crippen LogP contribution >= 0.6 is 0 Å². The topological polar surface area (TPSA) is 44.7 Å². The van der Waals surface area contributed by atoms with Crippen molar-refractivity contribution in [1.29, 1.82) is 0 Å². The van der Waals surface area contributed by atoms with Gasteiger partial charge in [-0.05, 0) is 38.8 Å². The first-order valence-electron chi connectivity index (χ1n) is 7.28. The summed E-state index contributed by atoms with van der Waals surface area (Å²) in [7, 11) is 2.21. The third-order valence-corrected chi connectivity index (χ3v) is 4.32. The number of ether oxygens (including phenoxy) is 1. The Hall–Kier alpha value is -0.160. The molecular weight excluding hydrogens is 228 g/mol. The molecule has 0 spiro atoms. The quantitative estimate of drug-likeness (QED) is 0.704. The molecule has 1 atom stereocenters. The summed E-state index contributed by atoms with van der Waals surface area (Å²) in [6, 6.07) is 0. The minimum absolute atomic E-state index is 0.0334. The third-order valence-electron chi connectivity index (χ3n) is 4.32. The first-order chi connectivity index (χ1) is 8.63. The van der Waals surface area contributed by atoms with E-state index in [0.29, 0.717) is 11.3 Å². The molecule has 1 heterocycles. The lowest BCUT2D eigenvalue weighted by Gasteiger charge is -2.38. The lowest BCUT2D eigenvalue weighted by atomic mass is 9.81. The fourth-order valence-electron chi connectivity index (χ4n) is 3.29. The predicted octanol–water partition coefficient (Wildman–Crippen LogP) is 0.705. The average molecular weight is 256 g/mol. The number of nitrogens with zero attached hydrogens (tertiary/aromatic N) is 1. The smallest absolute Gasteiger partial charge is 0.0547 e. The van der Waals surface area contributed by atoms with E-state index in [-0.39, 0.29) is 6.10 Å². The Balaban J connectivity index is 1.76. The number of aliphatic hydroxyl groups excluding tert-OH is 1. The van der Waals surface area contributed by atoms with Gasteiger partial charge in [0.05, 0.1) is 12.7 Å². The van der Waals surface area contributed by atoms with E-state index in [9.17, 15) is 5.11 Å². The van der Waals surface area contributed by atoms with Crippen molar-refractivity contribution in [3.05, 3.63) is 0 Å². The van der Waals surface area contributed by atoms with E-state index in [0.717, 1.165) is 58.7 Å². The Kier molecular flexibility index (Phi) is 5.01. The van der Waals surface area contributed by atoms with Crippen LogP contribution < -0.4 is 5.32 Å². The minimum atomic E-state index is -0.0334. The molecule has 2 N–H and O–H groups in total. The monoisotopic (exact) mass is 256 g/mol. The summed E-state index contributed by atoms with van der Waals surface area (Å²) >= 11 is 0. The molecule has 1 aliphatic heterocycles. The van der Waals surface area contributed by atoms with Gasteiger partial charge >= 0.3 is 0 Å². The summed E-state index contributed by atoms with van der Waals surface area (Å²) in [6.45, 7) is 8.25. The number of nitrogens with one attached hydrogen (secondary N) is 1. The molecule has 18 heavy (non-hydrogen) atoms. The van der Waals surface area contributed by atoms with E-state index in [1.807, 2.05) is 0 Å². The van der Waals surface area contributed by atoms with Crippen LogP contribution in [0, 0.1) is 11.3 Å². The van der Waals surface area contributed by atoms with Crippen LogP contribution in [-0.2, 0) is 4.74 Å². The Morgan fingerprint density at radius 2 is 2.22 bits per heavy atom. The molecule has 0 aromatic carbocycles. The highest BCUT2D eigenvalue weighted by atomic mass is 16.5. The van der Waals surface area contributed by atoms with Crippen LogP contribution in [0.1, 0.15) is 26.2 Å². The molecule has 2 aliphatic rings. The van der Waals surface area contributed by atoms with E-state index in [4.69, 9.17) is 4.74 Å². The van der Waals surface area contributed by atoms with Gasteiger partial charge in [-0.25, -0.2) is 0 Å². The molecule has 2 fully saturated rings. The van der Waals surface area contributed by atoms with E-state index in [1.165, 1.54) is 0 Å². The molecular formula is C14H28N2O2. The lowest BCUT2D eigenvalue weighted by molar-refractivity contribution is 0.0204. The molecule has 0 bridgehead atoms. The second-order valence-electron chi connectivity index (χ2n) is 6.27. The van der Waals surface area contributed by atoms with Gasteiger partial charge in [-0.1, -0.05) is 6.92 Å². The fraction of sp³-hybridized carbons (Fsp3) is 1.00. The molecule has 1 saturated heterocycles. The van der Waals surface area contributed by atoms with Crippen molar-refractivity contribution < 1.29 is 9.84 Å². The van der Waals surface area contributed by atoms with Crippen molar-refractivity contribution in [3.8, 4) is 0 Å². The lowest BCUT2D eigenvalue weighted by Crippen LogP contribution is -2.46. The predicted molar refractivity (Wildman–Crippen MR) is 72.6 cm³/mol. The van der Waals surface area contributed by atoms with Crippen LogP contribution in [0.25, 0.3) is 0 Å². The maximum Gasteiger partial charge on any atom is 0.0547 e. The molecule has 0 aromatic rings. The normalized spacial score (nSPS) is 36.0. The third kappa shape index (κ3) is 3.67. The van der Waals surface area contributed by atoms with Crippen molar-refractivity contribution in [2.75, 3.05) is 46.4 Å². The first kappa shape index (κ1) is 14.3. The highest BCUT2D eigenvalue weighted by Gasteiger charge is 2.36. The van der Waals surface area contributed by atoms with Crippen molar-refractivity contribution in [3.63, 3.8) is 0 Å². The molecule has 0 amide bonds. The largest absolute Gasteiger partial charge is 0.393 e. The molecule has 1 unspecified atom stereocenters. The van der Waals surface area contributed by atoms with Crippen LogP contribution in [0.4, 0.5) is 0 Å². The van der Waals surface area contributed by atoms with Gasteiger partial charge in [0.15, 0.2) is 0 Å². The highest BCUT2D eigenvalue weighted by Crippen LogP contribution is 2.31. The zero-order chi connectivity index (χ0) is 13.0. The second-order valence-corrected chi connectivity index (χ2v) is 6.27. The average Bonchev–Trinajstić information content (AvgIpc) is 2.73. The summed E-state index contributed by atoms with van der Waals surface area (Å²) in [5.74, 6) is 0.698. The fourth-order valence-corrected chi connectivity index (χ4v) is 3.29. The van der Waals surface area contributed by atoms with Crippen molar-refractivity contribution >= 4 is 0 Å². The minimum Gasteiger partial charge on any atom is -0.393 e. The van der Waals surface area contributed by atoms with Gasteiger partial charge in [0.25, 0.3) is 0 Å². The second kappa shape index (κ2) is 6.33. The van der Waals surface area contributed by atoms with Crippen LogP contribution in [0.5, 0.6) is 0 Å². The number of aliphatic hydroxyl groups is 1. The number of rotatable bonds is 7. The van der Waals surface area contributed by atoms with Crippen LogP contribution in [0.3, 0.4) is 0 Å². The molecule has 4 nitrogen and oxygen atoms in total. The SMILES string of the molecule is CCNCC1(CN(C)CC2CC(O)C2)CCOC1. The number of hydrogen-bond donors (Lipinski definition) is 2.